The van der Waals surface area contributed by atoms with Crippen LogP contribution in [-0.4, -0.2) is 56.1 Å². The molecule has 3 nitrogen and oxygen atoms in total. The lowest BCUT2D eigenvalue weighted by molar-refractivity contribution is 0.0883. The second-order valence-corrected chi connectivity index (χ2v) is 5.79. The Hall–Kier alpha value is -0.900. The molecule has 1 saturated heterocycles. The van der Waals surface area contributed by atoms with E-state index in [0.717, 1.165) is 19.6 Å². The third-order valence-electron chi connectivity index (χ3n) is 4.18. The predicted octanol–water partition coefficient (Wildman–Crippen LogP) is 2.36. The molecule has 0 radical (unpaired) electrons. The molecule has 1 aliphatic heterocycles. The van der Waals surface area contributed by atoms with E-state index in [2.05, 4.69) is 59.4 Å². The topological polar surface area (TPSA) is 18.5 Å². The SMILES string of the molecule is CCNCCCCN1CCN(C)CC1c1ccccc1. The van der Waals surface area contributed by atoms with E-state index in [1.165, 1.54) is 38.0 Å². The van der Waals surface area contributed by atoms with Crippen LogP contribution in [0.5, 0.6) is 0 Å². The minimum absolute atomic E-state index is 0.564. The summed E-state index contributed by atoms with van der Waals surface area (Å²) < 4.78 is 0. The van der Waals surface area contributed by atoms with E-state index in [9.17, 15) is 0 Å². The number of hydrogen-bond donors (Lipinski definition) is 1. The van der Waals surface area contributed by atoms with Gasteiger partial charge in [0.05, 0.1) is 0 Å². The van der Waals surface area contributed by atoms with Crippen LogP contribution in [0.25, 0.3) is 0 Å². The van der Waals surface area contributed by atoms with Gasteiger partial charge in [0.2, 0.25) is 0 Å². The summed E-state index contributed by atoms with van der Waals surface area (Å²) in [4.78, 5) is 5.12. The van der Waals surface area contributed by atoms with E-state index in [0.29, 0.717) is 6.04 Å². The van der Waals surface area contributed by atoms with Crippen molar-refractivity contribution in [3.8, 4) is 0 Å². The van der Waals surface area contributed by atoms with Crippen molar-refractivity contribution < 1.29 is 0 Å². The predicted molar refractivity (Wildman–Crippen MR) is 86.0 cm³/mol. The maximum Gasteiger partial charge on any atom is 0.0475 e. The summed E-state index contributed by atoms with van der Waals surface area (Å²) in [7, 11) is 2.23. The second kappa shape index (κ2) is 8.40. The number of nitrogens with one attached hydrogen (secondary N) is 1. The zero-order valence-corrected chi connectivity index (χ0v) is 13.0. The lowest BCUT2D eigenvalue weighted by Crippen LogP contribution is -2.47. The van der Waals surface area contributed by atoms with Crippen LogP contribution in [0.1, 0.15) is 31.4 Å². The average molecular weight is 275 g/mol. The molecule has 2 rings (SSSR count). The molecule has 1 aliphatic rings. The molecule has 1 atom stereocenters. The number of piperazine rings is 1. The highest BCUT2D eigenvalue weighted by atomic mass is 15.3. The van der Waals surface area contributed by atoms with Gasteiger partial charge in [-0.05, 0) is 45.1 Å². The molecule has 112 valence electrons. The first-order valence-corrected chi connectivity index (χ1v) is 7.99. The summed E-state index contributed by atoms with van der Waals surface area (Å²) in [6.45, 7) is 9.16. The Balaban J connectivity index is 1.88. The van der Waals surface area contributed by atoms with Gasteiger partial charge in [-0.15, -0.1) is 0 Å². The monoisotopic (exact) mass is 275 g/mol. The number of likely N-dealkylation sites (N-methyl/N-ethyl adjacent to an activating group) is 1. The van der Waals surface area contributed by atoms with Crippen LogP contribution in [0.2, 0.25) is 0 Å². The molecule has 0 aliphatic carbocycles. The summed E-state index contributed by atoms with van der Waals surface area (Å²) in [5, 5.41) is 3.41. The van der Waals surface area contributed by atoms with Crippen LogP contribution >= 0.6 is 0 Å². The minimum atomic E-state index is 0.564. The first-order chi connectivity index (χ1) is 9.81. The molecule has 0 spiro atoms. The van der Waals surface area contributed by atoms with Gasteiger partial charge in [0.25, 0.3) is 0 Å². The number of unbranched alkanes of at least 4 members (excludes halogenated alkanes) is 1. The van der Waals surface area contributed by atoms with Crippen LogP contribution in [0.3, 0.4) is 0 Å². The highest BCUT2D eigenvalue weighted by Crippen LogP contribution is 2.24. The van der Waals surface area contributed by atoms with Crippen LogP contribution < -0.4 is 5.32 Å². The fourth-order valence-corrected chi connectivity index (χ4v) is 2.96. The van der Waals surface area contributed by atoms with E-state index in [1.54, 1.807) is 0 Å². The fourth-order valence-electron chi connectivity index (χ4n) is 2.96. The zero-order valence-electron chi connectivity index (χ0n) is 13.0. The smallest absolute Gasteiger partial charge is 0.0475 e. The van der Waals surface area contributed by atoms with Crippen LogP contribution in [0, 0.1) is 0 Å². The van der Waals surface area contributed by atoms with Gasteiger partial charge in [-0.3, -0.25) is 4.90 Å². The van der Waals surface area contributed by atoms with Gasteiger partial charge in [0.1, 0.15) is 0 Å². The standard InChI is InChI=1S/C17H29N3/c1-3-18-11-7-8-12-20-14-13-19(2)15-17(20)16-9-5-4-6-10-16/h4-6,9-10,17-18H,3,7-8,11-15H2,1-2H3. The molecule has 1 fully saturated rings. The summed E-state index contributed by atoms with van der Waals surface area (Å²) in [6, 6.07) is 11.5. The Kier molecular flexibility index (Phi) is 6.51. The molecule has 1 aromatic rings. The number of rotatable bonds is 7. The van der Waals surface area contributed by atoms with E-state index in [-0.39, 0.29) is 0 Å². The Bertz CT molecular complexity index is 366. The van der Waals surface area contributed by atoms with Crippen molar-refractivity contribution in [3.05, 3.63) is 35.9 Å². The van der Waals surface area contributed by atoms with Crippen LogP contribution in [0.15, 0.2) is 30.3 Å². The molecule has 3 heteroatoms. The van der Waals surface area contributed by atoms with Crippen molar-refractivity contribution in [1.82, 2.24) is 15.1 Å². The lowest BCUT2D eigenvalue weighted by Gasteiger charge is -2.40. The molecule has 20 heavy (non-hydrogen) atoms. The fraction of sp³-hybridized carbons (Fsp3) is 0.647. The Morgan fingerprint density at radius 2 is 1.95 bits per heavy atom. The lowest BCUT2D eigenvalue weighted by atomic mass is 10.0. The van der Waals surface area contributed by atoms with Crippen molar-refractivity contribution in [2.75, 3.05) is 46.3 Å². The minimum Gasteiger partial charge on any atom is -0.317 e. The normalized spacial score (nSPS) is 21.2. The summed E-state index contributed by atoms with van der Waals surface area (Å²) in [6.07, 6.45) is 2.57. The largest absolute Gasteiger partial charge is 0.317 e. The highest BCUT2D eigenvalue weighted by molar-refractivity contribution is 5.20. The molecule has 1 heterocycles. The van der Waals surface area contributed by atoms with E-state index >= 15 is 0 Å². The van der Waals surface area contributed by atoms with Gasteiger partial charge in [-0.1, -0.05) is 37.3 Å². The van der Waals surface area contributed by atoms with Gasteiger partial charge in [-0.2, -0.15) is 0 Å². The van der Waals surface area contributed by atoms with Crippen molar-refractivity contribution in [2.45, 2.75) is 25.8 Å². The average Bonchev–Trinajstić information content (AvgIpc) is 2.49. The van der Waals surface area contributed by atoms with Gasteiger partial charge >= 0.3 is 0 Å². The Morgan fingerprint density at radius 1 is 1.15 bits per heavy atom. The molecular formula is C17H29N3. The highest BCUT2D eigenvalue weighted by Gasteiger charge is 2.25. The third-order valence-corrected chi connectivity index (χ3v) is 4.18. The molecule has 1 aromatic carbocycles. The molecule has 1 unspecified atom stereocenters. The summed E-state index contributed by atoms with van der Waals surface area (Å²) >= 11 is 0. The first kappa shape index (κ1) is 15.5. The van der Waals surface area contributed by atoms with Gasteiger partial charge in [0, 0.05) is 25.7 Å². The van der Waals surface area contributed by atoms with Gasteiger partial charge < -0.3 is 10.2 Å². The molecule has 0 amide bonds. The molecule has 0 saturated carbocycles. The van der Waals surface area contributed by atoms with Crippen molar-refractivity contribution in [2.24, 2.45) is 0 Å². The molecule has 0 aromatic heterocycles. The maximum atomic E-state index is 3.41. The van der Waals surface area contributed by atoms with Gasteiger partial charge in [-0.25, -0.2) is 0 Å². The number of benzene rings is 1. The van der Waals surface area contributed by atoms with E-state index < -0.39 is 0 Å². The molecule has 0 bridgehead atoms. The van der Waals surface area contributed by atoms with Crippen LogP contribution in [0.4, 0.5) is 0 Å². The number of nitrogens with zero attached hydrogens (tertiary/aromatic N) is 2. The van der Waals surface area contributed by atoms with Crippen LogP contribution in [-0.2, 0) is 0 Å². The van der Waals surface area contributed by atoms with E-state index in [1.807, 2.05) is 0 Å². The Morgan fingerprint density at radius 3 is 2.70 bits per heavy atom. The van der Waals surface area contributed by atoms with Crippen molar-refractivity contribution >= 4 is 0 Å². The van der Waals surface area contributed by atoms with Crippen molar-refractivity contribution in [3.63, 3.8) is 0 Å². The molecular weight excluding hydrogens is 246 g/mol. The summed E-state index contributed by atoms with van der Waals surface area (Å²) in [5.41, 5.74) is 1.46. The third kappa shape index (κ3) is 4.58. The van der Waals surface area contributed by atoms with Crippen molar-refractivity contribution in [1.29, 1.82) is 0 Å². The quantitative estimate of drug-likeness (QED) is 0.771. The summed E-state index contributed by atoms with van der Waals surface area (Å²) in [5.74, 6) is 0. The van der Waals surface area contributed by atoms with Gasteiger partial charge in [0.15, 0.2) is 0 Å². The Labute approximate surface area is 124 Å². The van der Waals surface area contributed by atoms with E-state index in [4.69, 9.17) is 0 Å². The number of hydrogen-bond acceptors (Lipinski definition) is 3. The second-order valence-electron chi connectivity index (χ2n) is 5.79. The molecule has 1 N–H and O–H groups in total. The zero-order chi connectivity index (χ0) is 14.2. The maximum absolute atomic E-state index is 3.41. The first-order valence-electron chi connectivity index (χ1n) is 7.99.